The van der Waals surface area contributed by atoms with Gasteiger partial charge in [-0.2, -0.15) is 0 Å². The fourth-order valence-electron chi connectivity index (χ4n) is 2.25. The van der Waals surface area contributed by atoms with Crippen LogP contribution < -0.4 is 10.3 Å². The lowest BCUT2D eigenvalue weighted by atomic mass is 10.2. The van der Waals surface area contributed by atoms with Crippen LogP contribution >= 0.6 is 11.6 Å². The number of hydrogen-bond acceptors (Lipinski definition) is 3. The van der Waals surface area contributed by atoms with Gasteiger partial charge in [-0.05, 0) is 24.3 Å². The lowest BCUT2D eigenvalue weighted by Crippen LogP contribution is -2.18. The average Bonchev–Trinajstić information content (AvgIpc) is 2.52. The highest BCUT2D eigenvalue weighted by molar-refractivity contribution is 6.33. The van der Waals surface area contributed by atoms with E-state index in [1.54, 1.807) is 43.4 Å². The molecule has 0 spiro atoms. The Labute approximate surface area is 131 Å². The molecule has 3 rings (SSSR count). The van der Waals surface area contributed by atoms with Crippen molar-refractivity contribution in [2.45, 2.75) is 0 Å². The number of aryl methyl sites for hydroxylation is 1. The van der Waals surface area contributed by atoms with Gasteiger partial charge in [0.25, 0.3) is 5.56 Å². The summed E-state index contributed by atoms with van der Waals surface area (Å²) >= 11 is 5.99. The number of para-hydroxylation sites is 1. The molecule has 0 aliphatic heterocycles. The Morgan fingerprint density at radius 3 is 2.55 bits per heavy atom. The number of ether oxygens (including phenoxy) is 1. The van der Waals surface area contributed by atoms with Crippen LogP contribution in [-0.2, 0) is 7.05 Å². The lowest BCUT2D eigenvalue weighted by Gasteiger charge is -2.10. The van der Waals surface area contributed by atoms with Crippen LogP contribution in [-0.4, -0.2) is 10.5 Å². The van der Waals surface area contributed by atoms with Crippen molar-refractivity contribution in [1.82, 2.24) is 4.57 Å². The van der Waals surface area contributed by atoms with Crippen molar-refractivity contribution in [3.8, 4) is 5.75 Å². The summed E-state index contributed by atoms with van der Waals surface area (Å²) in [5.41, 5.74) is 0.701. The summed E-state index contributed by atoms with van der Waals surface area (Å²) in [5.74, 6) is -0.368. The number of halogens is 1. The number of pyridine rings is 1. The SMILES string of the molecule is Cn1c(=O)cc(OC(=O)c2ccccc2Cl)c2ccccc21. The number of rotatable bonds is 2. The van der Waals surface area contributed by atoms with Crippen LogP contribution in [0.5, 0.6) is 5.75 Å². The van der Waals surface area contributed by atoms with Gasteiger partial charge in [-0.15, -0.1) is 0 Å². The minimum Gasteiger partial charge on any atom is -0.422 e. The molecule has 110 valence electrons. The van der Waals surface area contributed by atoms with E-state index in [0.29, 0.717) is 15.9 Å². The van der Waals surface area contributed by atoms with Gasteiger partial charge in [-0.25, -0.2) is 4.79 Å². The molecule has 0 aliphatic rings. The van der Waals surface area contributed by atoms with E-state index in [0.717, 1.165) is 0 Å². The first-order valence-electron chi connectivity index (χ1n) is 6.63. The molecule has 0 radical (unpaired) electrons. The van der Waals surface area contributed by atoms with E-state index in [4.69, 9.17) is 16.3 Å². The molecule has 0 N–H and O–H groups in total. The Balaban J connectivity index is 2.09. The molecule has 0 saturated heterocycles. The van der Waals surface area contributed by atoms with Gasteiger partial charge < -0.3 is 9.30 Å². The number of nitrogens with zero attached hydrogens (tertiary/aromatic N) is 1. The molecular formula is C17H12ClNO3. The van der Waals surface area contributed by atoms with Crippen molar-refractivity contribution in [2.75, 3.05) is 0 Å². The summed E-state index contributed by atoms with van der Waals surface area (Å²) in [6, 6.07) is 15.2. The molecular weight excluding hydrogens is 302 g/mol. The largest absolute Gasteiger partial charge is 0.422 e. The van der Waals surface area contributed by atoms with Crippen LogP contribution in [0.4, 0.5) is 0 Å². The standard InChI is InChI=1S/C17H12ClNO3/c1-19-14-9-5-3-7-12(14)15(10-16(19)20)22-17(21)11-6-2-4-8-13(11)18/h2-10H,1H3. The fourth-order valence-corrected chi connectivity index (χ4v) is 2.46. The first-order valence-corrected chi connectivity index (χ1v) is 7.01. The molecule has 1 aromatic heterocycles. The first-order chi connectivity index (χ1) is 10.6. The van der Waals surface area contributed by atoms with Crippen molar-refractivity contribution in [1.29, 1.82) is 0 Å². The third kappa shape index (κ3) is 2.49. The Hall–Kier alpha value is -2.59. The predicted molar refractivity (Wildman–Crippen MR) is 85.6 cm³/mol. The van der Waals surface area contributed by atoms with E-state index in [1.807, 2.05) is 12.1 Å². The second kappa shape index (κ2) is 5.66. The average molecular weight is 314 g/mol. The van der Waals surface area contributed by atoms with E-state index < -0.39 is 5.97 Å². The first kappa shape index (κ1) is 14.4. The summed E-state index contributed by atoms with van der Waals surface area (Å²) in [5, 5.41) is 0.991. The second-order valence-corrected chi connectivity index (χ2v) is 5.20. The molecule has 0 unspecified atom stereocenters. The van der Waals surface area contributed by atoms with Crippen molar-refractivity contribution in [2.24, 2.45) is 7.05 Å². The van der Waals surface area contributed by atoms with Crippen molar-refractivity contribution in [3.63, 3.8) is 0 Å². The number of fused-ring (bicyclic) bond motifs is 1. The van der Waals surface area contributed by atoms with Crippen molar-refractivity contribution >= 4 is 28.5 Å². The Morgan fingerprint density at radius 2 is 1.77 bits per heavy atom. The zero-order valence-corrected chi connectivity index (χ0v) is 12.5. The minimum absolute atomic E-state index is 0.226. The highest BCUT2D eigenvalue weighted by atomic mass is 35.5. The van der Waals surface area contributed by atoms with Gasteiger partial charge in [-0.1, -0.05) is 35.9 Å². The number of benzene rings is 2. The van der Waals surface area contributed by atoms with Gasteiger partial charge in [0.15, 0.2) is 0 Å². The maximum atomic E-state index is 12.3. The molecule has 0 amide bonds. The zero-order valence-electron chi connectivity index (χ0n) is 11.7. The van der Waals surface area contributed by atoms with Gasteiger partial charge >= 0.3 is 5.97 Å². The third-order valence-corrected chi connectivity index (χ3v) is 3.74. The van der Waals surface area contributed by atoms with Crippen molar-refractivity contribution < 1.29 is 9.53 Å². The molecule has 0 fully saturated rings. The molecule has 0 bridgehead atoms. The highest BCUT2D eigenvalue weighted by Crippen LogP contribution is 2.25. The molecule has 5 heteroatoms. The van der Waals surface area contributed by atoms with Crippen LogP contribution in [0.3, 0.4) is 0 Å². The quantitative estimate of drug-likeness (QED) is 0.681. The van der Waals surface area contributed by atoms with E-state index >= 15 is 0 Å². The lowest BCUT2D eigenvalue weighted by molar-refractivity contribution is 0.0737. The number of carbonyl (C=O) groups is 1. The number of esters is 1. The number of aromatic nitrogens is 1. The van der Waals surface area contributed by atoms with Gasteiger partial charge in [0.1, 0.15) is 5.75 Å². The smallest absolute Gasteiger partial charge is 0.345 e. The Bertz CT molecular complexity index is 931. The summed E-state index contributed by atoms with van der Waals surface area (Å²) in [7, 11) is 1.67. The number of carbonyl (C=O) groups excluding carboxylic acids is 1. The van der Waals surface area contributed by atoms with Crippen LogP contribution in [0.15, 0.2) is 59.4 Å². The predicted octanol–water partition coefficient (Wildman–Crippen LogP) is 3.41. The minimum atomic E-state index is -0.594. The molecule has 2 aromatic carbocycles. The molecule has 4 nitrogen and oxygen atoms in total. The van der Waals surface area contributed by atoms with E-state index in [2.05, 4.69) is 0 Å². The molecule has 0 aliphatic carbocycles. The third-order valence-electron chi connectivity index (χ3n) is 3.41. The van der Waals surface area contributed by atoms with Gasteiger partial charge in [-0.3, -0.25) is 4.79 Å². The molecule has 0 atom stereocenters. The summed E-state index contributed by atoms with van der Waals surface area (Å²) in [6.45, 7) is 0. The Morgan fingerprint density at radius 1 is 1.09 bits per heavy atom. The van der Waals surface area contributed by atoms with Crippen LogP contribution in [0, 0.1) is 0 Å². The number of hydrogen-bond donors (Lipinski definition) is 0. The van der Waals surface area contributed by atoms with E-state index in [-0.39, 0.29) is 16.9 Å². The maximum absolute atomic E-state index is 12.3. The van der Waals surface area contributed by atoms with Crippen molar-refractivity contribution in [3.05, 3.63) is 75.5 Å². The second-order valence-electron chi connectivity index (χ2n) is 4.79. The van der Waals surface area contributed by atoms with Gasteiger partial charge in [0, 0.05) is 18.5 Å². The van der Waals surface area contributed by atoms with Crippen LogP contribution in [0.1, 0.15) is 10.4 Å². The topological polar surface area (TPSA) is 48.3 Å². The highest BCUT2D eigenvalue weighted by Gasteiger charge is 2.15. The van der Waals surface area contributed by atoms with Gasteiger partial charge in [0.2, 0.25) is 0 Å². The van der Waals surface area contributed by atoms with Crippen LogP contribution in [0.2, 0.25) is 5.02 Å². The zero-order chi connectivity index (χ0) is 15.7. The summed E-state index contributed by atoms with van der Waals surface area (Å²) in [4.78, 5) is 24.2. The van der Waals surface area contributed by atoms with Gasteiger partial charge in [0.05, 0.1) is 16.1 Å². The van der Waals surface area contributed by atoms with E-state index in [9.17, 15) is 9.59 Å². The van der Waals surface area contributed by atoms with Crippen LogP contribution in [0.25, 0.3) is 10.9 Å². The molecule has 1 heterocycles. The molecule has 3 aromatic rings. The normalized spacial score (nSPS) is 10.6. The summed E-state index contributed by atoms with van der Waals surface area (Å²) < 4.78 is 6.90. The molecule has 22 heavy (non-hydrogen) atoms. The summed E-state index contributed by atoms with van der Waals surface area (Å²) in [6.07, 6.45) is 0. The Kier molecular flexibility index (Phi) is 3.69. The fraction of sp³-hybridized carbons (Fsp3) is 0.0588. The maximum Gasteiger partial charge on any atom is 0.345 e. The van der Waals surface area contributed by atoms with E-state index in [1.165, 1.54) is 10.6 Å². The monoisotopic (exact) mass is 313 g/mol. The molecule has 0 saturated carbocycles.